The number of nitrogens with zero attached hydrogens (tertiary/aromatic N) is 2. The van der Waals surface area contributed by atoms with Crippen LogP contribution in [0.1, 0.15) is 22.3 Å². The van der Waals surface area contributed by atoms with Crippen molar-refractivity contribution in [3.8, 4) is 11.1 Å². The van der Waals surface area contributed by atoms with E-state index in [0.717, 1.165) is 34.1 Å². The molecule has 0 fully saturated rings. The second-order valence-corrected chi connectivity index (χ2v) is 13.0. The van der Waals surface area contributed by atoms with Crippen molar-refractivity contribution in [2.75, 3.05) is 9.80 Å². The molecule has 0 spiro atoms. The molecule has 0 unspecified atom stereocenters. The molecular formula is C49H36N2. The lowest BCUT2D eigenvalue weighted by Gasteiger charge is -2.35. The highest BCUT2D eigenvalue weighted by atomic mass is 15.2. The van der Waals surface area contributed by atoms with Gasteiger partial charge in [0.15, 0.2) is 0 Å². The Balaban J connectivity index is 1.25. The molecule has 51 heavy (non-hydrogen) atoms. The van der Waals surface area contributed by atoms with Crippen LogP contribution in [-0.4, -0.2) is 0 Å². The van der Waals surface area contributed by atoms with Gasteiger partial charge in [-0.05, 0) is 100 Å². The topological polar surface area (TPSA) is 6.48 Å². The highest BCUT2D eigenvalue weighted by Crippen LogP contribution is 2.56. The molecule has 2 nitrogen and oxygen atoms in total. The first kappa shape index (κ1) is 30.4. The molecule has 0 saturated carbocycles. The van der Waals surface area contributed by atoms with E-state index in [9.17, 15) is 0 Å². The number of para-hydroxylation sites is 3. The minimum atomic E-state index is -0.480. The molecule has 0 radical (unpaired) electrons. The molecule has 1 aliphatic carbocycles. The Morgan fingerprint density at radius 3 is 1.08 bits per heavy atom. The fourth-order valence-corrected chi connectivity index (χ4v) is 7.99. The average molecular weight is 653 g/mol. The summed E-state index contributed by atoms with van der Waals surface area (Å²) in [6.45, 7) is 0. The number of hydrogen-bond acceptors (Lipinski definition) is 2. The van der Waals surface area contributed by atoms with Crippen LogP contribution < -0.4 is 9.80 Å². The lowest BCUT2D eigenvalue weighted by molar-refractivity contribution is 0.768. The third kappa shape index (κ3) is 5.21. The Hall–Kier alpha value is -6.64. The van der Waals surface area contributed by atoms with Crippen molar-refractivity contribution >= 4 is 34.1 Å². The van der Waals surface area contributed by atoms with Crippen LogP contribution in [0.5, 0.6) is 0 Å². The van der Waals surface area contributed by atoms with E-state index in [-0.39, 0.29) is 0 Å². The Morgan fingerprint density at radius 1 is 0.255 bits per heavy atom. The van der Waals surface area contributed by atoms with Crippen LogP contribution >= 0.6 is 0 Å². The summed E-state index contributed by atoms with van der Waals surface area (Å²) >= 11 is 0. The zero-order valence-electron chi connectivity index (χ0n) is 28.2. The highest BCUT2D eigenvalue weighted by molar-refractivity contribution is 5.88. The monoisotopic (exact) mass is 652 g/mol. The van der Waals surface area contributed by atoms with E-state index in [4.69, 9.17) is 0 Å². The Bertz CT molecular complexity index is 2340. The molecular weight excluding hydrogens is 617 g/mol. The summed E-state index contributed by atoms with van der Waals surface area (Å²) in [5.74, 6) is 0. The van der Waals surface area contributed by atoms with Gasteiger partial charge in [-0.3, -0.25) is 0 Å². The lowest BCUT2D eigenvalue weighted by atomic mass is 9.67. The van der Waals surface area contributed by atoms with Crippen LogP contribution in [0.4, 0.5) is 34.1 Å². The largest absolute Gasteiger partial charge is 0.310 e. The number of anilines is 6. The predicted octanol–water partition coefficient (Wildman–Crippen LogP) is 13.0. The smallest absolute Gasteiger partial charge is 0.0714 e. The average Bonchev–Trinajstić information content (AvgIpc) is 3.51. The second kappa shape index (κ2) is 13.0. The quantitative estimate of drug-likeness (QED) is 0.161. The summed E-state index contributed by atoms with van der Waals surface area (Å²) in [5, 5.41) is 0. The van der Waals surface area contributed by atoms with Gasteiger partial charge in [0, 0.05) is 34.1 Å². The molecule has 242 valence electrons. The van der Waals surface area contributed by atoms with Gasteiger partial charge in [-0.25, -0.2) is 0 Å². The van der Waals surface area contributed by atoms with Gasteiger partial charge in [-0.1, -0.05) is 152 Å². The summed E-state index contributed by atoms with van der Waals surface area (Å²) in [7, 11) is 0. The Labute approximate surface area is 300 Å². The van der Waals surface area contributed by atoms with Crippen molar-refractivity contribution in [1.29, 1.82) is 0 Å². The first-order chi connectivity index (χ1) is 25.3. The van der Waals surface area contributed by atoms with Gasteiger partial charge in [-0.2, -0.15) is 0 Å². The molecule has 0 N–H and O–H groups in total. The Kier molecular flexibility index (Phi) is 7.75. The van der Waals surface area contributed by atoms with Crippen molar-refractivity contribution in [1.82, 2.24) is 0 Å². The van der Waals surface area contributed by atoms with E-state index in [1.807, 2.05) is 0 Å². The molecule has 0 saturated heterocycles. The molecule has 0 amide bonds. The van der Waals surface area contributed by atoms with Crippen LogP contribution in [0.3, 0.4) is 0 Å². The maximum atomic E-state index is 2.40. The molecule has 8 aromatic carbocycles. The van der Waals surface area contributed by atoms with E-state index >= 15 is 0 Å². The van der Waals surface area contributed by atoms with Gasteiger partial charge in [0.2, 0.25) is 0 Å². The molecule has 0 heterocycles. The van der Waals surface area contributed by atoms with Crippen molar-refractivity contribution < 1.29 is 0 Å². The van der Waals surface area contributed by atoms with Gasteiger partial charge < -0.3 is 9.80 Å². The first-order valence-corrected chi connectivity index (χ1v) is 17.5. The van der Waals surface area contributed by atoms with Crippen LogP contribution in [0.2, 0.25) is 0 Å². The SMILES string of the molecule is c1ccc(N(c2ccccc2)c2cccc(N(c3ccccc3)c3cccc(C4(c5ccccc5)c5ccccc5-c5ccccc54)c3)c2)cc1. The lowest BCUT2D eigenvalue weighted by Crippen LogP contribution is -2.28. The van der Waals surface area contributed by atoms with E-state index in [1.165, 1.54) is 33.4 Å². The minimum Gasteiger partial charge on any atom is -0.310 e. The summed E-state index contributed by atoms with van der Waals surface area (Å²) in [4.78, 5) is 4.70. The summed E-state index contributed by atoms with van der Waals surface area (Å²) < 4.78 is 0. The summed E-state index contributed by atoms with van der Waals surface area (Å²) in [6.07, 6.45) is 0. The molecule has 0 bridgehead atoms. The van der Waals surface area contributed by atoms with E-state index in [2.05, 4.69) is 228 Å². The van der Waals surface area contributed by atoms with Crippen molar-refractivity contribution in [3.05, 3.63) is 241 Å². The van der Waals surface area contributed by atoms with E-state index in [0.29, 0.717) is 0 Å². The molecule has 2 heteroatoms. The summed E-state index contributed by atoms with van der Waals surface area (Å²) in [6, 6.07) is 78.8. The van der Waals surface area contributed by atoms with Gasteiger partial charge >= 0.3 is 0 Å². The van der Waals surface area contributed by atoms with Crippen LogP contribution in [-0.2, 0) is 5.41 Å². The van der Waals surface area contributed by atoms with Crippen molar-refractivity contribution in [3.63, 3.8) is 0 Å². The number of fused-ring (bicyclic) bond motifs is 3. The van der Waals surface area contributed by atoms with Gasteiger partial charge in [0.05, 0.1) is 5.41 Å². The molecule has 8 aromatic rings. The number of rotatable bonds is 8. The third-order valence-corrected chi connectivity index (χ3v) is 10.1. The standard InChI is InChI=1S/C49H36N2/c1-5-19-37(20-6-1)49(47-33-15-13-31-45(47)46-32-14-16-34-48(46)49)38-21-17-28-42(35-38)51(41-26-11-4-12-27-41)44-30-18-29-43(36-44)50(39-22-7-2-8-23-39)40-24-9-3-10-25-40/h1-36H. The van der Waals surface area contributed by atoms with Crippen molar-refractivity contribution in [2.24, 2.45) is 0 Å². The zero-order chi connectivity index (χ0) is 34.0. The molecule has 0 aliphatic heterocycles. The predicted molar refractivity (Wildman–Crippen MR) is 213 cm³/mol. The molecule has 0 atom stereocenters. The maximum Gasteiger partial charge on any atom is 0.0714 e. The molecule has 9 rings (SSSR count). The number of benzene rings is 8. The number of hydrogen-bond donors (Lipinski definition) is 0. The Morgan fingerprint density at radius 2 is 0.588 bits per heavy atom. The third-order valence-electron chi connectivity index (χ3n) is 10.1. The van der Waals surface area contributed by atoms with Crippen LogP contribution in [0, 0.1) is 0 Å². The summed E-state index contributed by atoms with van der Waals surface area (Å²) in [5.41, 5.74) is 13.8. The fraction of sp³-hybridized carbons (Fsp3) is 0.0204. The van der Waals surface area contributed by atoms with E-state index < -0.39 is 5.41 Å². The zero-order valence-corrected chi connectivity index (χ0v) is 28.2. The fourth-order valence-electron chi connectivity index (χ4n) is 7.99. The van der Waals surface area contributed by atoms with Crippen LogP contribution in [0.25, 0.3) is 11.1 Å². The maximum absolute atomic E-state index is 2.40. The molecule has 1 aliphatic rings. The van der Waals surface area contributed by atoms with Gasteiger partial charge in [-0.15, -0.1) is 0 Å². The molecule has 0 aromatic heterocycles. The normalized spacial score (nSPS) is 12.5. The second-order valence-electron chi connectivity index (χ2n) is 13.0. The van der Waals surface area contributed by atoms with Crippen LogP contribution in [0.15, 0.2) is 218 Å². The van der Waals surface area contributed by atoms with E-state index in [1.54, 1.807) is 0 Å². The minimum absolute atomic E-state index is 0.480. The highest BCUT2D eigenvalue weighted by Gasteiger charge is 2.46. The van der Waals surface area contributed by atoms with Gasteiger partial charge in [0.1, 0.15) is 0 Å². The first-order valence-electron chi connectivity index (χ1n) is 17.5. The van der Waals surface area contributed by atoms with Gasteiger partial charge in [0.25, 0.3) is 0 Å². The van der Waals surface area contributed by atoms with Crippen molar-refractivity contribution in [2.45, 2.75) is 5.41 Å².